The third-order valence-electron chi connectivity index (χ3n) is 2.46. The van der Waals surface area contributed by atoms with Crippen LogP contribution in [0.4, 0.5) is 5.82 Å². The van der Waals surface area contributed by atoms with E-state index in [2.05, 4.69) is 14.9 Å². The van der Waals surface area contributed by atoms with Crippen molar-refractivity contribution in [3.05, 3.63) is 54.2 Å². The van der Waals surface area contributed by atoms with Crippen molar-refractivity contribution in [3.63, 3.8) is 0 Å². The first kappa shape index (κ1) is 13.8. The van der Waals surface area contributed by atoms with Crippen LogP contribution in [0.3, 0.4) is 0 Å². The second-order valence-electron chi connectivity index (χ2n) is 3.83. The van der Waals surface area contributed by atoms with Crippen molar-refractivity contribution in [2.75, 3.05) is 4.72 Å². The van der Waals surface area contributed by atoms with Gasteiger partial charge in [0.05, 0.1) is 4.90 Å². The number of nitrogens with two attached hydrogens (primary N) is 1. The van der Waals surface area contributed by atoms with E-state index < -0.39 is 10.0 Å². The Balaban J connectivity index is 2.31. The average molecular weight is 292 g/mol. The van der Waals surface area contributed by atoms with Crippen LogP contribution in [0.1, 0.15) is 5.56 Å². The summed E-state index contributed by atoms with van der Waals surface area (Å²) in [5.74, 6) is -0.0505. The highest BCUT2D eigenvalue weighted by atomic mass is 32.2. The van der Waals surface area contributed by atoms with Crippen LogP contribution in [-0.4, -0.2) is 24.4 Å². The van der Waals surface area contributed by atoms with Crippen LogP contribution in [0.2, 0.25) is 0 Å². The standard InChI is InChI=1S/C12H12N4O3S/c13-12(15-17)9-6-7-14-11(8-9)16-20(18,19)10-4-2-1-3-5-10/h1-8,17H,(H2,13,15)(H,14,16). The summed E-state index contributed by atoms with van der Waals surface area (Å²) in [6.07, 6.45) is 1.36. The third kappa shape index (κ3) is 3.04. The smallest absolute Gasteiger partial charge is 0.263 e. The first-order valence-corrected chi connectivity index (χ1v) is 7.03. The van der Waals surface area contributed by atoms with Crippen LogP contribution in [-0.2, 0) is 10.0 Å². The van der Waals surface area contributed by atoms with Crippen molar-refractivity contribution >= 4 is 21.7 Å². The van der Waals surface area contributed by atoms with Crippen molar-refractivity contribution < 1.29 is 13.6 Å². The Morgan fingerprint density at radius 3 is 2.60 bits per heavy atom. The van der Waals surface area contributed by atoms with Crippen molar-refractivity contribution in [1.29, 1.82) is 0 Å². The molecule has 1 heterocycles. The van der Waals surface area contributed by atoms with Crippen molar-refractivity contribution in [2.24, 2.45) is 10.9 Å². The number of hydrogen-bond donors (Lipinski definition) is 3. The number of rotatable bonds is 4. The largest absolute Gasteiger partial charge is 0.409 e. The summed E-state index contributed by atoms with van der Waals surface area (Å²) in [6.45, 7) is 0. The molecule has 0 amide bonds. The molecule has 0 aliphatic heterocycles. The third-order valence-corrected chi connectivity index (χ3v) is 3.83. The van der Waals surface area contributed by atoms with Crippen LogP contribution in [0.5, 0.6) is 0 Å². The lowest BCUT2D eigenvalue weighted by molar-refractivity contribution is 0.318. The topological polar surface area (TPSA) is 118 Å². The minimum Gasteiger partial charge on any atom is -0.409 e. The molecule has 104 valence electrons. The van der Waals surface area contributed by atoms with Gasteiger partial charge >= 0.3 is 0 Å². The SMILES string of the molecule is NC(=NO)c1ccnc(NS(=O)(=O)c2ccccc2)c1. The summed E-state index contributed by atoms with van der Waals surface area (Å²) in [7, 11) is -3.72. The molecule has 7 nitrogen and oxygen atoms in total. The van der Waals surface area contributed by atoms with Gasteiger partial charge in [0.15, 0.2) is 5.84 Å². The lowest BCUT2D eigenvalue weighted by Crippen LogP contribution is -2.16. The van der Waals surface area contributed by atoms with E-state index in [1.165, 1.54) is 30.5 Å². The molecule has 2 aromatic rings. The Morgan fingerprint density at radius 1 is 1.25 bits per heavy atom. The van der Waals surface area contributed by atoms with Gasteiger partial charge in [0.1, 0.15) is 5.82 Å². The van der Waals surface area contributed by atoms with Crippen molar-refractivity contribution in [3.8, 4) is 0 Å². The van der Waals surface area contributed by atoms with Gasteiger partial charge in [-0.25, -0.2) is 13.4 Å². The summed E-state index contributed by atoms with van der Waals surface area (Å²) in [5, 5.41) is 11.4. The van der Waals surface area contributed by atoms with Gasteiger partial charge < -0.3 is 10.9 Å². The lowest BCUT2D eigenvalue weighted by Gasteiger charge is -2.08. The predicted octanol–water partition coefficient (Wildman–Crippen LogP) is 0.977. The van der Waals surface area contributed by atoms with Gasteiger partial charge in [-0.15, -0.1) is 0 Å². The van der Waals surface area contributed by atoms with E-state index in [0.717, 1.165) is 0 Å². The van der Waals surface area contributed by atoms with Gasteiger partial charge in [0, 0.05) is 11.8 Å². The lowest BCUT2D eigenvalue weighted by atomic mass is 10.2. The zero-order valence-corrected chi connectivity index (χ0v) is 11.1. The number of nitrogens with one attached hydrogen (secondary N) is 1. The van der Waals surface area contributed by atoms with E-state index in [9.17, 15) is 8.42 Å². The number of benzene rings is 1. The average Bonchev–Trinajstić information content (AvgIpc) is 2.47. The maximum atomic E-state index is 12.1. The molecular weight excluding hydrogens is 280 g/mol. The molecule has 0 aliphatic rings. The van der Waals surface area contributed by atoms with Crippen molar-refractivity contribution in [1.82, 2.24) is 4.98 Å². The summed E-state index contributed by atoms with van der Waals surface area (Å²) >= 11 is 0. The zero-order valence-electron chi connectivity index (χ0n) is 10.3. The molecule has 0 radical (unpaired) electrons. The van der Waals surface area contributed by atoms with E-state index in [0.29, 0.717) is 5.56 Å². The van der Waals surface area contributed by atoms with E-state index in [-0.39, 0.29) is 16.5 Å². The number of amidine groups is 1. The van der Waals surface area contributed by atoms with Gasteiger partial charge in [-0.3, -0.25) is 4.72 Å². The van der Waals surface area contributed by atoms with Crippen LogP contribution in [0.25, 0.3) is 0 Å². The fourth-order valence-corrected chi connectivity index (χ4v) is 2.52. The van der Waals surface area contributed by atoms with E-state index >= 15 is 0 Å². The highest BCUT2D eigenvalue weighted by Crippen LogP contribution is 2.14. The molecule has 4 N–H and O–H groups in total. The molecule has 0 saturated carbocycles. The molecule has 0 spiro atoms. The summed E-state index contributed by atoms with van der Waals surface area (Å²) < 4.78 is 26.5. The minimum absolute atomic E-state index is 0.0814. The van der Waals surface area contributed by atoms with Crippen LogP contribution in [0, 0.1) is 0 Å². The number of nitrogens with zero attached hydrogens (tertiary/aromatic N) is 2. The molecule has 20 heavy (non-hydrogen) atoms. The molecule has 0 atom stereocenters. The van der Waals surface area contributed by atoms with E-state index in [1.807, 2.05) is 0 Å². The molecule has 0 saturated heterocycles. The molecule has 1 aromatic carbocycles. The highest BCUT2D eigenvalue weighted by Gasteiger charge is 2.14. The van der Waals surface area contributed by atoms with Gasteiger partial charge in [0.25, 0.3) is 10.0 Å². The minimum atomic E-state index is -3.72. The molecule has 8 heteroatoms. The Kier molecular flexibility index (Phi) is 3.85. The number of sulfonamides is 1. The highest BCUT2D eigenvalue weighted by molar-refractivity contribution is 7.92. The fraction of sp³-hybridized carbons (Fsp3) is 0. The predicted molar refractivity (Wildman–Crippen MR) is 74.0 cm³/mol. The first-order chi connectivity index (χ1) is 9.53. The first-order valence-electron chi connectivity index (χ1n) is 5.55. The van der Waals surface area contributed by atoms with Gasteiger partial charge in [-0.2, -0.15) is 0 Å². The molecule has 0 unspecified atom stereocenters. The zero-order chi connectivity index (χ0) is 14.6. The summed E-state index contributed by atoms with van der Waals surface area (Å²) in [4.78, 5) is 4.01. The Bertz CT molecular complexity index is 729. The summed E-state index contributed by atoms with van der Waals surface area (Å²) in [6, 6.07) is 10.8. The van der Waals surface area contributed by atoms with Gasteiger partial charge in [-0.1, -0.05) is 23.4 Å². The number of oxime groups is 1. The van der Waals surface area contributed by atoms with Gasteiger partial charge in [0.2, 0.25) is 0 Å². The van der Waals surface area contributed by atoms with Crippen LogP contribution >= 0.6 is 0 Å². The second kappa shape index (κ2) is 5.57. The Hall–Kier alpha value is -2.61. The Morgan fingerprint density at radius 2 is 1.95 bits per heavy atom. The van der Waals surface area contributed by atoms with Crippen LogP contribution < -0.4 is 10.5 Å². The normalized spacial score (nSPS) is 12.1. The van der Waals surface area contributed by atoms with Crippen LogP contribution in [0.15, 0.2) is 58.7 Å². The molecular formula is C12H12N4O3S. The van der Waals surface area contributed by atoms with E-state index in [1.54, 1.807) is 18.2 Å². The number of hydrogen-bond acceptors (Lipinski definition) is 5. The van der Waals surface area contributed by atoms with E-state index in [4.69, 9.17) is 10.9 Å². The second-order valence-corrected chi connectivity index (χ2v) is 5.52. The molecule has 2 rings (SSSR count). The quantitative estimate of drug-likeness (QED) is 0.336. The number of anilines is 1. The summed E-state index contributed by atoms with van der Waals surface area (Å²) in [5.41, 5.74) is 5.79. The maximum absolute atomic E-state index is 12.1. The number of pyridine rings is 1. The van der Waals surface area contributed by atoms with Gasteiger partial charge in [-0.05, 0) is 24.3 Å². The molecule has 1 aromatic heterocycles. The van der Waals surface area contributed by atoms with Crippen molar-refractivity contribution in [2.45, 2.75) is 4.90 Å². The number of aromatic nitrogens is 1. The Labute approximate surface area is 115 Å². The monoisotopic (exact) mass is 292 g/mol. The molecule has 0 fully saturated rings. The molecule has 0 aliphatic carbocycles. The maximum Gasteiger partial charge on any atom is 0.263 e. The fourth-order valence-electron chi connectivity index (χ4n) is 1.50. The molecule has 0 bridgehead atoms.